The van der Waals surface area contributed by atoms with Crippen molar-refractivity contribution in [1.29, 1.82) is 0 Å². The van der Waals surface area contributed by atoms with E-state index in [1.54, 1.807) is 0 Å². The average Bonchev–Trinajstić information content (AvgIpc) is 3.23. The summed E-state index contributed by atoms with van der Waals surface area (Å²) in [6.07, 6.45) is 3.61. The third kappa shape index (κ3) is 2.74. The molecule has 1 saturated heterocycles. The van der Waals surface area contributed by atoms with Gasteiger partial charge in [-0.1, -0.05) is 6.92 Å². The van der Waals surface area contributed by atoms with Crippen molar-refractivity contribution >= 4 is 29.5 Å². The zero-order chi connectivity index (χ0) is 13.4. The lowest BCUT2D eigenvalue weighted by molar-refractivity contribution is 0.0694. The van der Waals surface area contributed by atoms with Gasteiger partial charge in [0, 0.05) is 28.9 Å². The highest BCUT2D eigenvalue weighted by Crippen LogP contribution is 2.44. The Morgan fingerprint density at radius 1 is 1.37 bits per heavy atom. The minimum atomic E-state index is -0.910. The summed E-state index contributed by atoms with van der Waals surface area (Å²) in [7, 11) is 0. The first-order chi connectivity index (χ1) is 9.16. The van der Waals surface area contributed by atoms with Crippen LogP contribution in [0.3, 0.4) is 0 Å². The van der Waals surface area contributed by atoms with Gasteiger partial charge in [-0.05, 0) is 12.8 Å². The molecular weight excluding hydrogens is 280 g/mol. The molecule has 1 aliphatic carbocycles. The first-order valence-electron chi connectivity index (χ1n) is 6.50. The van der Waals surface area contributed by atoms with Crippen LogP contribution >= 0.6 is 23.5 Å². The van der Waals surface area contributed by atoms with Gasteiger partial charge >= 0.3 is 5.97 Å². The van der Waals surface area contributed by atoms with E-state index in [2.05, 4.69) is 16.9 Å². The largest absolute Gasteiger partial charge is 0.478 e. The standard InChI is InChI=1S/C13H16N2O2S2/c1-7-11(19-5-4-18-7)12-14-6-9(13(16)17)10(15-12)8-2-3-8/h6-8,11H,2-5H2,1H3,(H,16,17). The van der Waals surface area contributed by atoms with E-state index in [0.29, 0.717) is 16.4 Å². The molecule has 1 N–H and O–H groups in total. The molecule has 2 heterocycles. The van der Waals surface area contributed by atoms with Gasteiger partial charge in [-0.3, -0.25) is 0 Å². The van der Waals surface area contributed by atoms with E-state index in [0.717, 1.165) is 30.1 Å². The molecule has 0 amide bonds. The second kappa shape index (κ2) is 5.32. The minimum absolute atomic E-state index is 0.285. The predicted molar refractivity (Wildman–Crippen MR) is 78.1 cm³/mol. The molecule has 19 heavy (non-hydrogen) atoms. The maximum Gasteiger partial charge on any atom is 0.339 e. The second-order valence-corrected chi connectivity index (χ2v) is 7.71. The number of carboxylic acid groups (broad SMARTS) is 1. The summed E-state index contributed by atoms with van der Waals surface area (Å²) in [5, 5.41) is 9.98. The maximum atomic E-state index is 11.2. The van der Waals surface area contributed by atoms with Crippen molar-refractivity contribution < 1.29 is 9.90 Å². The van der Waals surface area contributed by atoms with Crippen LogP contribution in [0.4, 0.5) is 0 Å². The van der Waals surface area contributed by atoms with Crippen LogP contribution in [0, 0.1) is 0 Å². The Hall–Kier alpha value is -0.750. The van der Waals surface area contributed by atoms with Crippen molar-refractivity contribution in [3.05, 3.63) is 23.3 Å². The van der Waals surface area contributed by atoms with Crippen molar-refractivity contribution in [2.45, 2.75) is 36.2 Å². The maximum absolute atomic E-state index is 11.2. The zero-order valence-electron chi connectivity index (χ0n) is 10.7. The molecule has 0 radical (unpaired) electrons. The van der Waals surface area contributed by atoms with Gasteiger partial charge in [0.25, 0.3) is 0 Å². The van der Waals surface area contributed by atoms with E-state index in [-0.39, 0.29) is 5.56 Å². The molecule has 2 aliphatic rings. The highest BCUT2D eigenvalue weighted by molar-refractivity contribution is 8.06. The van der Waals surface area contributed by atoms with E-state index in [4.69, 9.17) is 0 Å². The number of hydrogen-bond donors (Lipinski definition) is 1. The Bertz CT molecular complexity index is 505. The van der Waals surface area contributed by atoms with Gasteiger partial charge in [0.05, 0.1) is 16.5 Å². The van der Waals surface area contributed by atoms with Gasteiger partial charge in [0.15, 0.2) is 0 Å². The highest BCUT2D eigenvalue weighted by atomic mass is 32.2. The van der Waals surface area contributed by atoms with Crippen LogP contribution in [0.2, 0.25) is 0 Å². The smallest absolute Gasteiger partial charge is 0.339 e. The number of nitrogens with zero attached hydrogens (tertiary/aromatic N) is 2. The molecule has 102 valence electrons. The van der Waals surface area contributed by atoms with Crippen molar-refractivity contribution in [3.8, 4) is 0 Å². The van der Waals surface area contributed by atoms with E-state index in [1.807, 2.05) is 23.5 Å². The van der Waals surface area contributed by atoms with Crippen LogP contribution in [-0.4, -0.2) is 37.8 Å². The summed E-state index contributed by atoms with van der Waals surface area (Å²) in [5.41, 5.74) is 1.04. The van der Waals surface area contributed by atoms with Gasteiger partial charge < -0.3 is 5.11 Å². The summed E-state index contributed by atoms with van der Waals surface area (Å²) < 4.78 is 0. The number of hydrogen-bond acceptors (Lipinski definition) is 5. The molecule has 3 rings (SSSR count). The topological polar surface area (TPSA) is 63.1 Å². The number of rotatable bonds is 3. The lowest BCUT2D eigenvalue weighted by atomic mass is 10.1. The zero-order valence-corrected chi connectivity index (χ0v) is 12.3. The van der Waals surface area contributed by atoms with Crippen LogP contribution in [-0.2, 0) is 0 Å². The third-order valence-electron chi connectivity index (χ3n) is 3.47. The molecule has 6 heteroatoms. The Morgan fingerprint density at radius 2 is 2.11 bits per heavy atom. The fourth-order valence-corrected chi connectivity index (χ4v) is 4.99. The number of carbonyl (C=O) groups is 1. The van der Waals surface area contributed by atoms with Gasteiger partial charge in [0.2, 0.25) is 0 Å². The van der Waals surface area contributed by atoms with Crippen LogP contribution in [0.15, 0.2) is 6.20 Å². The number of aromatic carboxylic acids is 1. The third-order valence-corrected chi connectivity index (χ3v) is 6.56. The second-order valence-electron chi connectivity index (χ2n) is 4.97. The summed E-state index contributed by atoms with van der Waals surface area (Å²) in [5.74, 6) is 2.53. The van der Waals surface area contributed by atoms with Crippen molar-refractivity contribution in [1.82, 2.24) is 9.97 Å². The lowest BCUT2D eigenvalue weighted by Crippen LogP contribution is -2.19. The lowest BCUT2D eigenvalue weighted by Gasteiger charge is -2.26. The van der Waals surface area contributed by atoms with E-state index in [9.17, 15) is 9.90 Å². The molecule has 1 aromatic rings. The van der Waals surface area contributed by atoms with Gasteiger partial charge in [-0.15, -0.1) is 11.8 Å². The SMILES string of the molecule is CC1SCCSC1c1ncc(C(=O)O)c(C2CC2)n1. The predicted octanol–water partition coefficient (Wildman–Crippen LogP) is 2.96. The van der Waals surface area contributed by atoms with E-state index < -0.39 is 5.97 Å². The fourth-order valence-electron chi connectivity index (χ4n) is 2.30. The molecule has 2 fully saturated rings. The highest BCUT2D eigenvalue weighted by Gasteiger charge is 2.33. The molecular formula is C13H16N2O2S2. The van der Waals surface area contributed by atoms with Crippen LogP contribution in [0.5, 0.6) is 0 Å². The van der Waals surface area contributed by atoms with Crippen LogP contribution < -0.4 is 0 Å². The van der Waals surface area contributed by atoms with E-state index >= 15 is 0 Å². The quantitative estimate of drug-likeness (QED) is 0.925. The van der Waals surface area contributed by atoms with Gasteiger partial charge in [0.1, 0.15) is 5.82 Å². The molecule has 2 unspecified atom stereocenters. The Kier molecular flexibility index (Phi) is 3.71. The first-order valence-corrected chi connectivity index (χ1v) is 8.60. The normalized spacial score (nSPS) is 27.2. The summed E-state index contributed by atoms with van der Waals surface area (Å²) in [6.45, 7) is 2.20. The van der Waals surface area contributed by atoms with Gasteiger partial charge in [-0.25, -0.2) is 14.8 Å². The molecule has 1 saturated carbocycles. The van der Waals surface area contributed by atoms with Crippen LogP contribution in [0.25, 0.3) is 0 Å². The number of carboxylic acids is 1. The number of aromatic nitrogens is 2. The average molecular weight is 296 g/mol. The molecule has 0 aromatic carbocycles. The molecule has 2 atom stereocenters. The first kappa shape index (κ1) is 13.2. The van der Waals surface area contributed by atoms with Crippen molar-refractivity contribution in [2.24, 2.45) is 0 Å². The number of thioether (sulfide) groups is 2. The summed E-state index contributed by atoms with van der Waals surface area (Å²) >= 11 is 3.83. The van der Waals surface area contributed by atoms with Crippen LogP contribution in [0.1, 0.15) is 52.8 Å². The Balaban J connectivity index is 1.94. The Morgan fingerprint density at radius 3 is 2.74 bits per heavy atom. The molecule has 1 aromatic heterocycles. The van der Waals surface area contributed by atoms with E-state index in [1.165, 1.54) is 11.9 Å². The van der Waals surface area contributed by atoms with Crippen molar-refractivity contribution in [2.75, 3.05) is 11.5 Å². The Labute approximate surface area is 120 Å². The summed E-state index contributed by atoms with van der Waals surface area (Å²) in [6, 6.07) is 0. The van der Waals surface area contributed by atoms with Gasteiger partial charge in [-0.2, -0.15) is 11.8 Å². The fraction of sp³-hybridized carbons (Fsp3) is 0.615. The molecule has 0 spiro atoms. The minimum Gasteiger partial charge on any atom is -0.478 e. The monoisotopic (exact) mass is 296 g/mol. The van der Waals surface area contributed by atoms with Crippen molar-refractivity contribution in [3.63, 3.8) is 0 Å². The molecule has 0 bridgehead atoms. The summed E-state index contributed by atoms with van der Waals surface area (Å²) in [4.78, 5) is 20.1. The molecule has 1 aliphatic heterocycles. The molecule has 4 nitrogen and oxygen atoms in total.